The third kappa shape index (κ3) is 6.05. The molecule has 1 N–H and O–H groups in total. The maximum Gasteiger partial charge on any atom is 0.228 e. The maximum atomic E-state index is 11.7. The van der Waals surface area contributed by atoms with Crippen molar-refractivity contribution in [3.8, 4) is 0 Å². The molecule has 2 nitrogen and oxygen atoms in total. The molecular weight excluding hydrogens is 278 g/mol. The number of hydrogen-bond acceptors (Lipinski definition) is 2. The number of para-hydroxylation sites is 1. The monoisotopic (exact) mass is 301 g/mol. The molecule has 0 radical (unpaired) electrons. The summed E-state index contributed by atoms with van der Waals surface area (Å²) in [6, 6.07) is 18.0. The number of nitrogens with one attached hydrogen (secondary N) is 1. The molecule has 112 valence electrons. The molecule has 0 aromatic heterocycles. The molecule has 2 aromatic carbocycles. The van der Waals surface area contributed by atoms with E-state index in [4.69, 9.17) is 0 Å². The fourth-order valence-corrected chi connectivity index (χ4v) is 1.89. The van der Waals surface area contributed by atoms with Crippen LogP contribution in [0, 0.1) is 19.8 Å². The average Bonchev–Trinajstić information content (AvgIpc) is 2.52. The van der Waals surface area contributed by atoms with Crippen LogP contribution in [0.3, 0.4) is 0 Å². The van der Waals surface area contributed by atoms with Gasteiger partial charge in [-0.3, -0.25) is 4.79 Å². The van der Waals surface area contributed by atoms with Crippen molar-refractivity contribution in [1.29, 1.82) is 0 Å². The molecular formula is C18H23NOS. The Morgan fingerprint density at radius 3 is 1.81 bits per heavy atom. The molecule has 0 bridgehead atoms. The standard InChI is InChI=1S/C12H17NOS.C6H6/c1-8-5-4-6-9(2)11(8)13-12(14)10(3)7-15;1-2-4-6-5-3-1/h4-6,10,15H,7H2,1-3H3,(H,13,14);1-6H. The van der Waals surface area contributed by atoms with E-state index in [1.54, 1.807) is 0 Å². The zero-order chi connectivity index (χ0) is 15.7. The van der Waals surface area contributed by atoms with Crippen LogP contribution in [0.2, 0.25) is 0 Å². The van der Waals surface area contributed by atoms with Crippen molar-refractivity contribution in [3.63, 3.8) is 0 Å². The van der Waals surface area contributed by atoms with Gasteiger partial charge in [0.05, 0.1) is 0 Å². The number of benzene rings is 2. The van der Waals surface area contributed by atoms with Crippen molar-refractivity contribution in [2.45, 2.75) is 20.8 Å². The summed E-state index contributed by atoms with van der Waals surface area (Å²) in [6.45, 7) is 5.86. The van der Waals surface area contributed by atoms with Gasteiger partial charge in [0.1, 0.15) is 0 Å². The number of thiol groups is 1. The van der Waals surface area contributed by atoms with E-state index in [0.717, 1.165) is 16.8 Å². The molecule has 3 heteroatoms. The summed E-state index contributed by atoms with van der Waals surface area (Å²) in [7, 11) is 0. The van der Waals surface area contributed by atoms with Crippen molar-refractivity contribution in [2.24, 2.45) is 5.92 Å². The van der Waals surface area contributed by atoms with Crippen LogP contribution >= 0.6 is 12.6 Å². The van der Waals surface area contributed by atoms with Crippen molar-refractivity contribution >= 4 is 24.2 Å². The van der Waals surface area contributed by atoms with E-state index in [1.165, 1.54) is 0 Å². The van der Waals surface area contributed by atoms with Gasteiger partial charge < -0.3 is 5.32 Å². The molecule has 1 amide bonds. The van der Waals surface area contributed by atoms with E-state index in [0.29, 0.717) is 5.75 Å². The zero-order valence-corrected chi connectivity index (χ0v) is 13.7. The van der Waals surface area contributed by atoms with Crippen LogP contribution in [0.1, 0.15) is 18.1 Å². The molecule has 2 rings (SSSR count). The molecule has 0 aliphatic rings. The van der Waals surface area contributed by atoms with Crippen LogP contribution in [0.25, 0.3) is 0 Å². The predicted octanol–water partition coefficient (Wildman–Crippen LogP) is 4.49. The highest BCUT2D eigenvalue weighted by Gasteiger charge is 2.12. The van der Waals surface area contributed by atoms with Gasteiger partial charge in [0.15, 0.2) is 0 Å². The molecule has 0 spiro atoms. The molecule has 0 heterocycles. The van der Waals surface area contributed by atoms with Crippen molar-refractivity contribution in [2.75, 3.05) is 11.1 Å². The minimum Gasteiger partial charge on any atom is -0.325 e. The summed E-state index contributed by atoms with van der Waals surface area (Å²) in [5, 5.41) is 2.94. The first kappa shape index (κ1) is 17.3. The summed E-state index contributed by atoms with van der Waals surface area (Å²) < 4.78 is 0. The van der Waals surface area contributed by atoms with E-state index < -0.39 is 0 Å². The summed E-state index contributed by atoms with van der Waals surface area (Å²) in [5.74, 6) is 0.534. The third-order valence-corrected chi connectivity index (χ3v) is 3.67. The lowest BCUT2D eigenvalue weighted by Gasteiger charge is -2.14. The van der Waals surface area contributed by atoms with E-state index in [2.05, 4.69) is 17.9 Å². The van der Waals surface area contributed by atoms with Gasteiger partial charge in [-0.25, -0.2) is 0 Å². The van der Waals surface area contributed by atoms with Crippen LogP contribution < -0.4 is 5.32 Å². The lowest BCUT2D eigenvalue weighted by atomic mass is 10.1. The van der Waals surface area contributed by atoms with Gasteiger partial charge in [-0.1, -0.05) is 61.5 Å². The van der Waals surface area contributed by atoms with Crippen LogP contribution in [0.15, 0.2) is 54.6 Å². The van der Waals surface area contributed by atoms with Crippen LogP contribution in [-0.2, 0) is 4.79 Å². The first-order chi connectivity index (χ1) is 10.1. The van der Waals surface area contributed by atoms with Crippen LogP contribution in [-0.4, -0.2) is 11.7 Å². The number of carbonyl (C=O) groups excluding carboxylic acids is 1. The van der Waals surface area contributed by atoms with Crippen molar-refractivity contribution in [1.82, 2.24) is 0 Å². The smallest absolute Gasteiger partial charge is 0.228 e. The molecule has 1 atom stereocenters. The van der Waals surface area contributed by atoms with Gasteiger partial charge in [-0.15, -0.1) is 0 Å². The minimum atomic E-state index is -0.0626. The normalized spacial score (nSPS) is 11.0. The summed E-state index contributed by atoms with van der Waals surface area (Å²) in [6.07, 6.45) is 0. The van der Waals surface area contributed by atoms with Gasteiger partial charge in [0, 0.05) is 17.4 Å². The molecule has 1 unspecified atom stereocenters. The molecule has 0 fully saturated rings. The Labute approximate surface area is 133 Å². The van der Waals surface area contributed by atoms with Gasteiger partial charge in [-0.2, -0.15) is 12.6 Å². The second-order valence-electron chi connectivity index (χ2n) is 4.99. The lowest BCUT2D eigenvalue weighted by Crippen LogP contribution is -2.22. The quantitative estimate of drug-likeness (QED) is 0.803. The second kappa shape index (κ2) is 9.24. The SMILES string of the molecule is Cc1cccc(C)c1NC(=O)C(C)CS.c1ccccc1. The van der Waals surface area contributed by atoms with Crippen molar-refractivity contribution in [3.05, 3.63) is 65.7 Å². The highest BCUT2D eigenvalue weighted by Crippen LogP contribution is 2.20. The fraction of sp³-hybridized carbons (Fsp3) is 0.278. The number of hydrogen-bond donors (Lipinski definition) is 2. The Hall–Kier alpha value is -1.74. The Morgan fingerprint density at radius 2 is 1.43 bits per heavy atom. The number of aryl methyl sites for hydroxylation is 2. The molecule has 0 saturated carbocycles. The minimum absolute atomic E-state index is 0.0300. The van der Waals surface area contributed by atoms with E-state index in [1.807, 2.05) is 75.4 Å². The maximum absolute atomic E-state index is 11.7. The van der Waals surface area contributed by atoms with Gasteiger partial charge in [0.25, 0.3) is 0 Å². The Bertz CT molecular complexity index is 507. The predicted molar refractivity (Wildman–Crippen MR) is 94.0 cm³/mol. The first-order valence-corrected chi connectivity index (χ1v) is 7.67. The number of anilines is 1. The van der Waals surface area contributed by atoms with E-state index in [9.17, 15) is 4.79 Å². The van der Waals surface area contributed by atoms with Crippen molar-refractivity contribution < 1.29 is 4.79 Å². The third-order valence-electron chi connectivity index (χ3n) is 3.12. The zero-order valence-electron chi connectivity index (χ0n) is 12.8. The molecule has 0 saturated heterocycles. The lowest BCUT2D eigenvalue weighted by molar-refractivity contribution is -0.118. The highest BCUT2D eigenvalue weighted by molar-refractivity contribution is 7.80. The molecule has 0 aliphatic heterocycles. The average molecular weight is 301 g/mol. The topological polar surface area (TPSA) is 29.1 Å². The Kier molecular flexibility index (Phi) is 7.62. The largest absolute Gasteiger partial charge is 0.325 e. The van der Waals surface area contributed by atoms with Gasteiger partial charge in [0.2, 0.25) is 5.91 Å². The van der Waals surface area contributed by atoms with Crippen LogP contribution in [0.4, 0.5) is 5.69 Å². The Balaban J connectivity index is 0.000000304. The van der Waals surface area contributed by atoms with Crippen LogP contribution in [0.5, 0.6) is 0 Å². The number of rotatable bonds is 3. The first-order valence-electron chi connectivity index (χ1n) is 7.04. The molecule has 2 aromatic rings. The molecule has 21 heavy (non-hydrogen) atoms. The summed E-state index contributed by atoms with van der Waals surface area (Å²) in [5.41, 5.74) is 3.11. The van der Waals surface area contributed by atoms with E-state index in [-0.39, 0.29) is 11.8 Å². The number of carbonyl (C=O) groups is 1. The second-order valence-corrected chi connectivity index (χ2v) is 5.36. The summed E-state index contributed by atoms with van der Waals surface area (Å²) >= 11 is 4.11. The number of amides is 1. The Morgan fingerprint density at radius 1 is 1.00 bits per heavy atom. The molecule has 0 aliphatic carbocycles. The van der Waals surface area contributed by atoms with E-state index >= 15 is 0 Å². The summed E-state index contributed by atoms with van der Waals surface area (Å²) in [4.78, 5) is 11.7. The highest BCUT2D eigenvalue weighted by atomic mass is 32.1. The fourth-order valence-electron chi connectivity index (χ4n) is 1.73. The van der Waals surface area contributed by atoms with Gasteiger partial charge >= 0.3 is 0 Å². The van der Waals surface area contributed by atoms with Gasteiger partial charge in [-0.05, 0) is 25.0 Å².